The normalized spacial score (nSPS) is 13.2. The molecule has 0 heterocycles. The van der Waals surface area contributed by atoms with Gasteiger partial charge in [-0.2, -0.15) is 0 Å². The quantitative estimate of drug-likeness (QED) is 0.646. The smallest absolute Gasteiger partial charge is 0.302 e. The van der Waals surface area contributed by atoms with E-state index in [1.54, 1.807) is 12.1 Å². The Kier molecular flexibility index (Phi) is 6.37. The minimum atomic E-state index is -3.88. The fourth-order valence-corrected chi connectivity index (χ4v) is 3.45. The molecule has 23 heavy (non-hydrogen) atoms. The highest BCUT2D eigenvalue weighted by Crippen LogP contribution is 2.53. The largest absolute Gasteiger partial charge is 0.401 e. The van der Waals surface area contributed by atoms with Gasteiger partial charge >= 0.3 is 7.60 Å². The Morgan fingerprint density at radius 1 is 0.913 bits per heavy atom. The van der Waals surface area contributed by atoms with Crippen LogP contribution in [0.5, 0.6) is 0 Å². The molecule has 0 saturated carbocycles. The van der Waals surface area contributed by atoms with Crippen LogP contribution in [0.15, 0.2) is 24.3 Å². The maximum Gasteiger partial charge on any atom is 0.401 e. The van der Waals surface area contributed by atoms with Crippen molar-refractivity contribution in [3.05, 3.63) is 35.4 Å². The summed E-state index contributed by atoms with van der Waals surface area (Å²) >= 11 is 0. The van der Waals surface area contributed by atoms with E-state index in [2.05, 4.69) is 0 Å². The average Bonchev–Trinajstić information content (AvgIpc) is 2.41. The van der Waals surface area contributed by atoms with Crippen LogP contribution in [-0.4, -0.2) is 18.7 Å². The molecule has 1 aromatic carbocycles. The van der Waals surface area contributed by atoms with Gasteiger partial charge in [-0.1, -0.05) is 71.4 Å². The number of hydrogen-bond acceptors (Lipinski definition) is 4. The van der Waals surface area contributed by atoms with Crippen molar-refractivity contribution in [3.63, 3.8) is 0 Å². The lowest BCUT2D eigenvalue weighted by Crippen LogP contribution is -2.20. The molecule has 1 rings (SSSR count). The van der Waals surface area contributed by atoms with Gasteiger partial charge in [-0.15, -0.1) is 0 Å². The Morgan fingerprint density at radius 2 is 1.30 bits per heavy atom. The van der Waals surface area contributed by atoms with Gasteiger partial charge in [-0.05, 0) is 17.8 Å². The second-order valence-corrected chi connectivity index (χ2v) is 10.3. The summed E-state index contributed by atoms with van der Waals surface area (Å²) < 4.78 is 24.1. The van der Waals surface area contributed by atoms with E-state index in [-0.39, 0.29) is 24.0 Å². The van der Waals surface area contributed by atoms with E-state index in [4.69, 9.17) is 9.05 Å². The van der Waals surface area contributed by atoms with Crippen LogP contribution >= 0.6 is 7.60 Å². The van der Waals surface area contributed by atoms with E-state index in [0.29, 0.717) is 5.56 Å². The predicted octanol–water partition coefficient (Wildman–Crippen LogP) is 5.45. The van der Waals surface area contributed by atoms with E-state index in [1.807, 2.05) is 60.6 Å². The number of rotatable bonds is 6. The zero-order chi connectivity index (χ0) is 17.9. The Balaban J connectivity index is 3.04. The molecule has 0 spiro atoms. The van der Waals surface area contributed by atoms with E-state index >= 15 is 0 Å². The summed E-state index contributed by atoms with van der Waals surface area (Å²) in [7, 11) is -3.88. The zero-order valence-corrected chi connectivity index (χ0v) is 16.2. The molecule has 0 amide bonds. The Morgan fingerprint density at radius 3 is 1.65 bits per heavy atom. The van der Waals surface area contributed by atoms with Crippen LogP contribution in [0.1, 0.15) is 57.5 Å². The summed E-state index contributed by atoms with van der Waals surface area (Å²) in [4.78, 5) is 12.7. The number of aryl methyl sites for hydroxylation is 1. The number of carbonyl (C=O) groups excluding carboxylic acids is 1. The molecular weight excluding hydrogens is 311 g/mol. The summed E-state index contributed by atoms with van der Waals surface area (Å²) in [6, 6.07) is 6.94. The van der Waals surface area contributed by atoms with Gasteiger partial charge in [0.25, 0.3) is 5.52 Å². The van der Waals surface area contributed by atoms with Crippen molar-refractivity contribution in [2.45, 2.75) is 48.5 Å². The van der Waals surface area contributed by atoms with E-state index in [0.717, 1.165) is 5.56 Å². The van der Waals surface area contributed by atoms with Gasteiger partial charge in [0.05, 0.1) is 13.2 Å². The van der Waals surface area contributed by atoms with Crippen LogP contribution in [0.3, 0.4) is 0 Å². The summed E-state index contributed by atoms with van der Waals surface area (Å²) in [5.41, 5.74) is 0.373. The van der Waals surface area contributed by atoms with Gasteiger partial charge in [-0.3, -0.25) is 9.36 Å². The minimum Gasteiger partial charge on any atom is -0.302 e. The van der Waals surface area contributed by atoms with Crippen molar-refractivity contribution in [1.29, 1.82) is 0 Å². The zero-order valence-electron chi connectivity index (χ0n) is 15.3. The second-order valence-electron chi connectivity index (χ2n) is 8.34. The fraction of sp³-hybridized carbons (Fsp3) is 0.611. The molecule has 5 heteroatoms. The monoisotopic (exact) mass is 340 g/mol. The Labute approximate surface area is 140 Å². The highest BCUT2D eigenvalue weighted by Gasteiger charge is 2.38. The molecule has 0 aliphatic rings. The summed E-state index contributed by atoms with van der Waals surface area (Å²) in [6.45, 7) is 14.0. The third-order valence-electron chi connectivity index (χ3n) is 2.88. The maximum atomic E-state index is 13.1. The number of benzene rings is 1. The molecule has 130 valence electrons. The molecule has 4 nitrogen and oxygen atoms in total. The average molecular weight is 340 g/mol. The molecule has 0 bridgehead atoms. The van der Waals surface area contributed by atoms with Crippen LogP contribution in [-0.2, 0) is 13.6 Å². The number of hydrogen-bond donors (Lipinski definition) is 0. The highest BCUT2D eigenvalue weighted by molar-refractivity contribution is 7.72. The first-order valence-corrected chi connectivity index (χ1v) is 9.37. The van der Waals surface area contributed by atoms with Crippen LogP contribution in [0.2, 0.25) is 0 Å². The first-order valence-electron chi connectivity index (χ1n) is 7.83. The summed E-state index contributed by atoms with van der Waals surface area (Å²) in [5, 5.41) is 0. The summed E-state index contributed by atoms with van der Waals surface area (Å²) in [5.74, 6) is 0. The van der Waals surface area contributed by atoms with Gasteiger partial charge in [0.15, 0.2) is 0 Å². The first kappa shape index (κ1) is 20.1. The highest BCUT2D eigenvalue weighted by atomic mass is 31.2. The lowest BCUT2D eigenvalue weighted by Gasteiger charge is -2.26. The van der Waals surface area contributed by atoms with E-state index < -0.39 is 13.1 Å². The van der Waals surface area contributed by atoms with Gasteiger partial charge in [0.2, 0.25) is 0 Å². The minimum absolute atomic E-state index is 0.187. The number of carbonyl (C=O) groups is 1. The van der Waals surface area contributed by atoms with E-state index in [1.165, 1.54) is 0 Å². The molecule has 0 aromatic heterocycles. The second kappa shape index (κ2) is 7.29. The van der Waals surface area contributed by atoms with Crippen LogP contribution < -0.4 is 0 Å². The molecule has 0 aliphatic carbocycles. The van der Waals surface area contributed by atoms with Crippen molar-refractivity contribution < 1.29 is 18.4 Å². The fourth-order valence-electron chi connectivity index (χ4n) is 1.57. The Bertz CT molecular complexity index is 555. The lowest BCUT2D eigenvalue weighted by atomic mass is 9.99. The van der Waals surface area contributed by atoms with Crippen molar-refractivity contribution in [3.8, 4) is 0 Å². The molecule has 0 saturated heterocycles. The molecular formula is C18H29O4P. The van der Waals surface area contributed by atoms with Gasteiger partial charge in [0, 0.05) is 5.56 Å². The molecule has 0 fully saturated rings. The third kappa shape index (κ3) is 6.99. The predicted molar refractivity (Wildman–Crippen MR) is 93.9 cm³/mol. The van der Waals surface area contributed by atoms with Crippen molar-refractivity contribution in [2.75, 3.05) is 13.2 Å². The molecule has 0 unspecified atom stereocenters. The third-order valence-corrected chi connectivity index (χ3v) is 4.58. The van der Waals surface area contributed by atoms with Crippen molar-refractivity contribution >= 4 is 13.1 Å². The van der Waals surface area contributed by atoms with E-state index in [9.17, 15) is 9.36 Å². The van der Waals surface area contributed by atoms with Crippen molar-refractivity contribution in [1.82, 2.24) is 0 Å². The molecule has 0 atom stereocenters. The van der Waals surface area contributed by atoms with Gasteiger partial charge in [-0.25, -0.2) is 0 Å². The lowest BCUT2D eigenvalue weighted by molar-refractivity contribution is 0.0901. The van der Waals surface area contributed by atoms with Crippen LogP contribution in [0.25, 0.3) is 0 Å². The standard InChI is InChI=1S/C18H29O4P/c1-14-8-10-15(11-9-14)16(19)23(20,21-12-17(2,3)4)22-13-18(5,6)7/h8-11H,12-13H2,1-7H3. The first-order chi connectivity index (χ1) is 10.3. The van der Waals surface area contributed by atoms with Gasteiger partial charge < -0.3 is 9.05 Å². The summed E-state index contributed by atoms with van der Waals surface area (Å²) in [6.07, 6.45) is 0. The van der Waals surface area contributed by atoms with Gasteiger partial charge in [0.1, 0.15) is 0 Å². The molecule has 0 aliphatic heterocycles. The van der Waals surface area contributed by atoms with Crippen LogP contribution in [0, 0.1) is 17.8 Å². The topological polar surface area (TPSA) is 52.6 Å². The van der Waals surface area contributed by atoms with Crippen molar-refractivity contribution in [2.24, 2.45) is 10.8 Å². The SMILES string of the molecule is Cc1ccc(C(=O)P(=O)(OCC(C)(C)C)OCC(C)(C)C)cc1. The maximum absolute atomic E-state index is 13.1. The van der Waals surface area contributed by atoms with Crippen LogP contribution in [0.4, 0.5) is 0 Å². The molecule has 1 aromatic rings. The Hall–Kier alpha value is -0.960. The molecule has 0 radical (unpaired) electrons. The molecule has 0 N–H and O–H groups in total.